The van der Waals surface area contributed by atoms with E-state index in [9.17, 15) is 22.9 Å². The average Bonchev–Trinajstić information content (AvgIpc) is 2.81. The van der Waals surface area contributed by atoms with Crippen molar-refractivity contribution < 1.29 is 22.5 Å². The average molecular weight is 318 g/mol. The summed E-state index contributed by atoms with van der Waals surface area (Å²) in [6.45, 7) is 2.62. The third kappa shape index (κ3) is 3.55. The first-order valence-corrected chi connectivity index (χ1v) is 7.85. The molecule has 0 aliphatic carbocycles. The molecule has 1 saturated heterocycles. The minimum atomic E-state index is -3.90. The number of benzene rings is 1. The van der Waals surface area contributed by atoms with Gasteiger partial charge in [-0.3, -0.25) is 10.1 Å². The third-order valence-electron chi connectivity index (χ3n) is 3.49. The van der Waals surface area contributed by atoms with Crippen molar-refractivity contribution in [2.45, 2.75) is 24.3 Å². The second-order valence-electron chi connectivity index (χ2n) is 4.85. The van der Waals surface area contributed by atoms with Gasteiger partial charge in [0.1, 0.15) is 0 Å². The molecule has 1 fully saturated rings. The lowest BCUT2D eigenvalue weighted by Gasteiger charge is -2.14. The maximum absolute atomic E-state index is 13.5. The lowest BCUT2D eigenvalue weighted by molar-refractivity contribution is -0.387. The van der Waals surface area contributed by atoms with Gasteiger partial charge >= 0.3 is 5.69 Å². The highest BCUT2D eigenvalue weighted by Gasteiger charge is 2.27. The number of nitro benzene ring substituents is 1. The van der Waals surface area contributed by atoms with Crippen LogP contribution in [0, 0.1) is 21.8 Å². The molecule has 0 radical (unpaired) electrons. The molecule has 2 rings (SSSR count). The molecule has 1 aromatic rings. The van der Waals surface area contributed by atoms with Crippen LogP contribution in [-0.2, 0) is 14.8 Å². The highest BCUT2D eigenvalue weighted by molar-refractivity contribution is 7.89. The van der Waals surface area contributed by atoms with Gasteiger partial charge in [0.25, 0.3) is 0 Å². The van der Waals surface area contributed by atoms with E-state index in [1.807, 2.05) is 6.92 Å². The third-order valence-corrected chi connectivity index (χ3v) is 4.92. The molecule has 0 aromatic heterocycles. The monoisotopic (exact) mass is 318 g/mol. The lowest BCUT2D eigenvalue weighted by atomic mass is 10.0. The summed E-state index contributed by atoms with van der Waals surface area (Å²) >= 11 is 0. The molecule has 1 heterocycles. The molecule has 1 aromatic carbocycles. The summed E-state index contributed by atoms with van der Waals surface area (Å²) in [6.07, 6.45) is 0.708. The van der Waals surface area contributed by atoms with Crippen LogP contribution >= 0.6 is 0 Å². The molecule has 1 aliphatic rings. The van der Waals surface area contributed by atoms with Gasteiger partial charge in [0, 0.05) is 31.2 Å². The van der Waals surface area contributed by atoms with Crippen molar-refractivity contribution in [2.24, 2.45) is 5.92 Å². The molecule has 2 unspecified atom stereocenters. The summed E-state index contributed by atoms with van der Waals surface area (Å²) in [6, 6.07) is 2.50. The van der Waals surface area contributed by atoms with Crippen LogP contribution in [-0.4, -0.2) is 32.6 Å². The molecule has 1 aliphatic heterocycles. The van der Waals surface area contributed by atoms with Gasteiger partial charge in [0.15, 0.2) is 0 Å². The Balaban J connectivity index is 2.12. The Morgan fingerprint density at radius 3 is 2.76 bits per heavy atom. The minimum absolute atomic E-state index is 0.0405. The van der Waals surface area contributed by atoms with Gasteiger partial charge in [0.2, 0.25) is 15.8 Å². The summed E-state index contributed by atoms with van der Waals surface area (Å²) in [5, 5.41) is 10.5. The zero-order valence-electron chi connectivity index (χ0n) is 11.3. The topological polar surface area (TPSA) is 98.5 Å². The number of rotatable bonds is 5. The van der Waals surface area contributed by atoms with Crippen LogP contribution in [0.1, 0.15) is 13.3 Å². The van der Waals surface area contributed by atoms with E-state index in [1.54, 1.807) is 0 Å². The van der Waals surface area contributed by atoms with E-state index >= 15 is 0 Å². The van der Waals surface area contributed by atoms with Crippen molar-refractivity contribution in [1.29, 1.82) is 0 Å². The van der Waals surface area contributed by atoms with E-state index in [1.165, 1.54) is 0 Å². The van der Waals surface area contributed by atoms with Crippen LogP contribution in [0.25, 0.3) is 0 Å². The maximum Gasteiger partial charge on any atom is 0.304 e. The second kappa shape index (κ2) is 6.04. The Hall–Kier alpha value is -1.58. The Kier molecular flexibility index (Phi) is 4.55. The predicted octanol–water partition coefficient (Wildman–Crippen LogP) is 1.44. The molecule has 116 valence electrons. The van der Waals surface area contributed by atoms with Gasteiger partial charge in [-0.25, -0.2) is 13.1 Å². The van der Waals surface area contributed by atoms with Gasteiger partial charge in [-0.15, -0.1) is 0 Å². The number of nitrogens with one attached hydrogen (secondary N) is 1. The second-order valence-corrected chi connectivity index (χ2v) is 6.61. The normalized spacial score (nSPS) is 22.4. The summed E-state index contributed by atoms with van der Waals surface area (Å²) < 4.78 is 45.3. The molecule has 0 saturated carbocycles. The van der Waals surface area contributed by atoms with E-state index in [0.29, 0.717) is 12.7 Å². The zero-order valence-corrected chi connectivity index (χ0v) is 12.1. The summed E-state index contributed by atoms with van der Waals surface area (Å²) in [5.74, 6) is -1.12. The summed E-state index contributed by atoms with van der Waals surface area (Å²) in [5.41, 5.74) is -0.758. The molecule has 7 nitrogen and oxygen atoms in total. The van der Waals surface area contributed by atoms with Crippen LogP contribution in [0.2, 0.25) is 0 Å². The number of ether oxygens (including phenoxy) is 1. The van der Waals surface area contributed by atoms with Crippen molar-refractivity contribution >= 4 is 15.7 Å². The number of nitro groups is 1. The highest BCUT2D eigenvalue weighted by atomic mass is 32.2. The van der Waals surface area contributed by atoms with Crippen molar-refractivity contribution in [3.63, 3.8) is 0 Å². The minimum Gasteiger partial charge on any atom is -0.378 e. The number of nitrogens with zero attached hydrogens (tertiary/aromatic N) is 1. The summed E-state index contributed by atoms with van der Waals surface area (Å²) in [4.78, 5) is 9.26. The number of halogens is 1. The fraction of sp³-hybridized carbons (Fsp3) is 0.500. The first-order valence-electron chi connectivity index (χ1n) is 6.36. The van der Waals surface area contributed by atoms with Crippen molar-refractivity contribution in [1.82, 2.24) is 4.72 Å². The van der Waals surface area contributed by atoms with Crippen LogP contribution in [0.15, 0.2) is 23.1 Å². The number of hydrogen-bond acceptors (Lipinski definition) is 5. The fourth-order valence-electron chi connectivity index (χ4n) is 2.15. The van der Waals surface area contributed by atoms with Gasteiger partial charge in [-0.1, -0.05) is 0 Å². The number of sulfonamides is 1. The Morgan fingerprint density at radius 1 is 1.52 bits per heavy atom. The van der Waals surface area contributed by atoms with E-state index in [2.05, 4.69) is 4.72 Å². The lowest BCUT2D eigenvalue weighted by Crippen LogP contribution is -2.32. The molecule has 0 spiro atoms. The van der Waals surface area contributed by atoms with Gasteiger partial charge in [-0.05, 0) is 19.4 Å². The molecule has 0 bridgehead atoms. The summed E-state index contributed by atoms with van der Waals surface area (Å²) in [7, 11) is -3.90. The van der Waals surface area contributed by atoms with Crippen molar-refractivity contribution in [3.05, 3.63) is 34.1 Å². The molecule has 1 N–H and O–H groups in total. The smallest absolute Gasteiger partial charge is 0.304 e. The van der Waals surface area contributed by atoms with E-state index in [-0.39, 0.29) is 23.5 Å². The Morgan fingerprint density at radius 2 is 2.24 bits per heavy atom. The predicted molar refractivity (Wildman–Crippen MR) is 71.8 cm³/mol. The SMILES string of the molecule is CC1OCCC1CNS(=O)(=O)c1ccc([N+](=O)[O-])c(F)c1. The largest absolute Gasteiger partial charge is 0.378 e. The molecule has 21 heavy (non-hydrogen) atoms. The van der Waals surface area contributed by atoms with Crippen LogP contribution in [0.3, 0.4) is 0 Å². The Bertz CT molecular complexity index is 649. The van der Waals surface area contributed by atoms with Gasteiger partial charge < -0.3 is 4.74 Å². The van der Waals surface area contributed by atoms with Gasteiger partial charge in [0.05, 0.1) is 15.9 Å². The van der Waals surface area contributed by atoms with E-state index < -0.39 is 26.5 Å². The maximum atomic E-state index is 13.5. The van der Waals surface area contributed by atoms with Gasteiger partial charge in [-0.2, -0.15) is 4.39 Å². The van der Waals surface area contributed by atoms with Crippen LogP contribution in [0.5, 0.6) is 0 Å². The molecule has 2 atom stereocenters. The first-order chi connectivity index (χ1) is 9.81. The van der Waals surface area contributed by atoms with Crippen LogP contribution < -0.4 is 4.72 Å². The van der Waals surface area contributed by atoms with Crippen LogP contribution in [0.4, 0.5) is 10.1 Å². The molecular formula is C12H15FN2O5S. The van der Waals surface area contributed by atoms with E-state index in [4.69, 9.17) is 4.74 Å². The molecule has 9 heteroatoms. The molecular weight excluding hydrogens is 303 g/mol. The fourth-order valence-corrected chi connectivity index (χ4v) is 3.25. The number of hydrogen-bond donors (Lipinski definition) is 1. The molecule has 0 amide bonds. The van der Waals surface area contributed by atoms with Crippen molar-refractivity contribution in [2.75, 3.05) is 13.2 Å². The standard InChI is InChI=1S/C12H15FN2O5S/c1-8-9(4-5-20-8)7-14-21(18,19)10-2-3-12(15(16)17)11(13)6-10/h2-3,6,8-9,14H,4-5,7H2,1H3. The first kappa shape index (κ1) is 15.8. The van der Waals surface area contributed by atoms with Crippen molar-refractivity contribution in [3.8, 4) is 0 Å². The highest BCUT2D eigenvalue weighted by Crippen LogP contribution is 2.22. The van der Waals surface area contributed by atoms with E-state index in [0.717, 1.165) is 18.6 Å². The quantitative estimate of drug-likeness (QED) is 0.654. The zero-order chi connectivity index (χ0) is 15.6. The Labute approximate surface area is 121 Å².